The third-order valence-electron chi connectivity index (χ3n) is 3.15. The Labute approximate surface area is 114 Å². The summed E-state index contributed by atoms with van der Waals surface area (Å²) in [5, 5.41) is 11.6. The van der Waals surface area contributed by atoms with Crippen molar-refractivity contribution in [3.63, 3.8) is 0 Å². The van der Waals surface area contributed by atoms with E-state index in [1.807, 2.05) is 24.3 Å². The van der Waals surface area contributed by atoms with E-state index in [2.05, 4.69) is 26.0 Å². The number of aryl methyl sites for hydroxylation is 1. The van der Waals surface area contributed by atoms with Crippen LogP contribution in [-0.2, 0) is 0 Å². The van der Waals surface area contributed by atoms with Crippen LogP contribution in [0.5, 0.6) is 0 Å². The number of benzene rings is 2. The second-order valence-corrected chi connectivity index (χ2v) is 6.81. The predicted octanol–water partition coefficient (Wildman–Crippen LogP) is 3.15. The molecule has 0 spiro atoms. The van der Waals surface area contributed by atoms with Crippen LogP contribution in [0.1, 0.15) is 22.8 Å². The number of hydrogen-bond donors (Lipinski definition) is 1. The highest BCUT2D eigenvalue weighted by molar-refractivity contribution is 7.73. The summed E-state index contributed by atoms with van der Waals surface area (Å²) in [5.74, 6) is -0.842. The lowest BCUT2D eigenvalue weighted by Gasteiger charge is -2.20. The van der Waals surface area contributed by atoms with Crippen LogP contribution in [-0.4, -0.2) is 17.2 Å². The van der Waals surface area contributed by atoms with Crippen molar-refractivity contribution in [2.45, 2.75) is 13.8 Å². The van der Waals surface area contributed by atoms with Crippen LogP contribution in [0.3, 0.4) is 0 Å². The van der Waals surface area contributed by atoms with Gasteiger partial charge in [-0.2, -0.15) is 0 Å². The number of aromatic carboxylic acids is 1. The normalized spacial score (nSPS) is 12.1. The lowest BCUT2D eigenvalue weighted by atomic mass is 10.2. The fraction of sp³-hybridized carbons (Fsp3) is 0.188. The zero-order chi connectivity index (χ0) is 13.8. The Kier molecular flexibility index (Phi) is 4.34. The molecule has 0 aliphatic heterocycles. The maximum absolute atomic E-state index is 11.4. The Bertz CT molecular complexity index is 593. The van der Waals surface area contributed by atoms with E-state index in [4.69, 9.17) is 0 Å². The molecule has 0 fully saturated rings. The van der Waals surface area contributed by atoms with Crippen LogP contribution in [0.4, 0.5) is 0 Å². The van der Waals surface area contributed by atoms with Crippen LogP contribution in [0.15, 0.2) is 48.5 Å². The fourth-order valence-corrected chi connectivity index (χ4v) is 4.66. The molecule has 1 atom stereocenters. The van der Waals surface area contributed by atoms with Crippen LogP contribution in [0.2, 0.25) is 0 Å². The van der Waals surface area contributed by atoms with Gasteiger partial charge in [0.1, 0.15) is 0 Å². The molecule has 3 heteroatoms. The van der Waals surface area contributed by atoms with E-state index in [0.717, 1.165) is 11.5 Å². The quantitative estimate of drug-likeness (QED) is 0.868. The molecule has 0 saturated heterocycles. The Morgan fingerprint density at radius 2 is 1.63 bits per heavy atom. The van der Waals surface area contributed by atoms with Gasteiger partial charge in [0.25, 0.3) is 0 Å². The van der Waals surface area contributed by atoms with E-state index in [9.17, 15) is 9.90 Å². The van der Waals surface area contributed by atoms with E-state index in [1.165, 1.54) is 10.9 Å². The van der Waals surface area contributed by atoms with Crippen molar-refractivity contribution < 1.29 is 9.90 Å². The molecule has 1 unspecified atom stereocenters. The van der Waals surface area contributed by atoms with Crippen molar-refractivity contribution in [3.8, 4) is 0 Å². The highest BCUT2D eigenvalue weighted by Gasteiger charge is 2.19. The predicted molar refractivity (Wildman–Crippen MR) is 81.3 cm³/mol. The van der Waals surface area contributed by atoms with E-state index in [-0.39, 0.29) is 0 Å². The van der Waals surface area contributed by atoms with Crippen molar-refractivity contribution in [1.82, 2.24) is 0 Å². The van der Waals surface area contributed by atoms with Gasteiger partial charge in [0.2, 0.25) is 0 Å². The van der Waals surface area contributed by atoms with Crippen LogP contribution in [0.25, 0.3) is 0 Å². The van der Waals surface area contributed by atoms with Gasteiger partial charge in [-0.1, -0.05) is 49.4 Å². The first-order valence-electron chi connectivity index (χ1n) is 6.30. The Morgan fingerprint density at radius 3 is 2.21 bits per heavy atom. The molecule has 0 saturated carbocycles. The molecule has 2 aromatic rings. The molecule has 0 aromatic heterocycles. The van der Waals surface area contributed by atoms with Gasteiger partial charge in [0.05, 0.1) is 5.56 Å². The number of hydrogen-bond acceptors (Lipinski definition) is 1. The zero-order valence-electron chi connectivity index (χ0n) is 11.1. The first-order chi connectivity index (χ1) is 9.15. The minimum absolute atomic E-state index is 0.429. The fourth-order valence-electron chi connectivity index (χ4n) is 2.23. The van der Waals surface area contributed by atoms with Gasteiger partial charge >= 0.3 is 5.97 Å². The molecule has 19 heavy (non-hydrogen) atoms. The van der Waals surface area contributed by atoms with Crippen molar-refractivity contribution >= 4 is 24.5 Å². The highest BCUT2D eigenvalue weighted by Crippen LogP contribution is 2.35. The molecule has 2 rings (SSSR count). The van der Waals surface area contributed by atoms with Gasteiger partial charge in [0.15, 0.2) is 0 Å². The number of rotatable bonds is 4. The minimum Gasteiger partial charge on any atom is -0.478 e. The third kappa shape index (κ3) is 2.85. The second kappa shape index (κ2) is 5.99. The molecular weight excluding hydrogens is 255 g/mol. The number of carboxylic acid groups (broad SMARTS) is 1. The number of carbonyl (C=O) groups is 1. The van der Waals surface area contributed by atoms with Crippen molar-refractivity contribution in [3.05, 3.63) is 59.7 Å². The van der Waals surface area contributed by atoms with E-state index in [0.29, 0.717) is 5.56 Å². The monoisotopic (exact) mass is 272 g/mol. The standard InChI is InChI=1S/C16H17O2P/c1-3-19(14-10-6-4-8-12(14)2)15-11-7-5-9-13(15)16(17)18/h4-11H,3H2,1-2H3,(H,17,18). The average molecular weight is 272 g/mol. The van der Waals surface area contributed by atoms with Crippen molar-refractivity contribution in [1.29, 1.82) is 0 Å². The molecule has 0 radical (unpaired) electrons. The summed E-state index contributed by atoms with van der Waals surface area (Å²) in [6, 6.07) is 15.6. The van der Waals surface area contributed by atoms with E-state index < -0.39 is 13.9 Å². The molecule has 0 heterocycles. The van der Waals surface area contributed by atoms with Crippen LogP contribution >= 0.6 is 7.92 Å². The van der Waals surface area contributed by atoms with E-state index >= 15 is 0 Å². The summed E-state index contributed by atoms with van der Waals surface area (Å²) in [7, 11) is -0.604. The van der Waals surface area contributed by atoms with Crippen LogP contribution < -0.4 is 10.6 Å². The minimum atomic E-state index is -0.842. The van der Waals surface area contributed by atoms with Crippen LogP contribution in [0, 0.1) is 6.92 Å². The SMILES string of the molecule is CCP(c1ccccc1C)c1ccccc1C(=O)O. The van der Waals surface area contributed by atoms with Gasteiger partial charge in [-0.05, 0) is 43.2 Å². The second-order valence-electron chi connectivity index (χ2n) is 4.35. The lowest BCUT2D eigenvalue weighted by molar-refractivity contribution is 0.0698. The molecule has 0 aliphatic rings. The maximum Gasteiger partial charge on any atom is 0.336 e. The summed E-state index contributed by atoms with van der Waals surface area (Å²) in [4.78, 5) is 11.4. The van der Waals surface area contributed by atoms with Gasteiger partial charge in [-0.25, -0.2) is 4.79 Å². The lowest BCUT2D eigenvalue weighted by Crippen LogP contribution is -2.21. The van der Waals surface area contributed by atoms with Crippen molar-refractivity contribution in [2.24, 2.45) is 0 Å². The van der Waals surface area contributed by atoms with Gasteiger partial charge in [-0.3, -0.25) is 0 Å². The topological polar surface area (TPSA) is 37.3 Å². The molecule has 2 aromatic carbocycles. The molecule has 98 valence electrons. The maximum atomic E-state index is 11.4. The summed E-state index contributed by atoms with van der Waals surface area (Å²) in [5.41, 5.74) is 1.66. The largest absolute Gasteiger partial charge is 0.478 e. The highest BCUT2D eigenvalue weighted by atomic mass is 31.1. The molecule has 0 bridgehead atoms. The summed E-state index contributed by atoms with van der Waals surface area (Å²) < 4.78 is 0. The average Bonchev–Trinajstić information content (AvgIpc) is 2.42. The summed E-state index contributed by atoms with van der Waals surface area (Å²) >= 11 is 0. The first-order valence-corrected chi connectivity index (χ1v) is 7.83. The van der Waals surface area contributed by atoms with Gasteiger partial charge < -0.3 is 5.11 Å². The number of carboxylic acids is 1. The van der Waals surface area contributed by atoms with E-state index in [1.54, 1.807) is 12.1 Å². The Morgan fingerprint density at radius 1 is 1.05 bits per heavy atom. The van der Waals surface area contributed by atoms with Gasteiger partial charge in [0, 0.05) is 0 Å². The molecule has 0 amide bonds. The molecule has 0 aliphatic carbocycles. The summed E-state index contributed by atoms with van der Waals surface area (Å²) in [6.07, 6.45) is 0.949. The Hall–Kier alpha value is -1.66. The molecule has 1 N–H and O–H groups in total. The molecular formula is C16H17O2P. The zero-order valence-corrected chi connectivity index (χ0v) is 12.0. The summed E-state index contributed by atoms with van der Waals surface area (Å²) in [6.45, 7) is 4.21. The molecule has 2 nitrogen and oxygen atoms in total. The van der Waals surface area contributed by atoms with Crippen molar-refractivity contribution in [2.75, 3.05) is 6.16 Å². The van der Waals surface area contributed by atoms with Gasteiger partial charge in [-0.15, -0.1) is 0 Å². The third-order valence-corrected chi connectivity index (χ3v) is 5.84. The smallest absolute Gasteiger partial charge is 0.336 e. The Balaban J connectivity index is 2.55. The first kappa shape index (κ1) is 13.8.